The number of hydrogen-bond acceptors (Lipinski definition) is 6. The van der Waals surface area contributed by atoms with Crippen molar-refractivity contribution in [3.63, 3.8) is 0 Å². The highest BCUT2D eigenvalue weighted by atomic mass is 19.1. The Morgan fingerprint density at radius 2 is 1.73 bits per heavy atom. The van der Waals surface area contributed by atoms with Crippen molar-refractivity contribution in [3.05, 3.63) is 60.8 Å². The molecule has 0 aliphatic heterocycles. The summed E-state index contributed by atoms with van der Waals surface area (Å²) < 4.78 is 16.3. The average molecular weight is 405 g/mol. The maximum atomic E-state index is 14.2. The highest BCUT2D eigenvalue weighted by Gasteiger charge is 2.24. The molecule has 3 aromatic heterocycles. The minimum absolute atomic E-state index is 0. The van der Waals surface area contributed by atoms with E-state index in [9.17, 15) is 4.39 Å². The number of imidazole rings is 1. The third kappa shape index (κ3) is 3.80. The number of nitrogens with zero attached hydrogens (tertiary/aromatic N) is 5. The molecule has 1 aromatic carbocycles. The lowest BCUT2D eigenvalue weighted by Gasteiger charge is -2.17. The second kappa shape index (κ2) is 8.44. The number of para-hydroxylation sites is 1. The highest BCUT2D eigenvalue weighted by Crippen LogP contribution is 2.36. The van der Waals surface area contributed by atoms with Crippen LogP contribution in [0.3, 0.4) is 0 Å². The van der Waals surface area contributed by atoms with E-state index in [1.54, 1.807) is 36.8 Å². The predicted octanol–water partition coefficient (Wildman–Crippen LogP) is 5.60. The van der Waals surface area contributed by atoms with E-state index in [1.165, 1.54) is 6.07 Å². The van der Waals surface area contributed by atoms with E-state index < -0.39 is 0 Å². The molecule has 0 amide bonds. The number of benzene rings is 1. The molecule has 1 aliphatic carbocycles. The van der Waals surface area contributed by atoms with Gasteiger partial charge in [0.2, 0.25) is 11.9 Å². The van der Waals surface area contributed by atoms with Crippen LogP contribution in [0.1, 0.15) is 39.2 Å². The summed E-state index contributed by atoms with van der Waals surface area (Å²) in [4.78, 5) is 17.8. The first-order valence-corrected chi connectivity index (χ1v) is 9.71. The van der Waals surface area contributed by atoms with Crippen LogP contribution in [0.4, 0.5) is 27.7 Å². The zero-order chi connectivity index (χ0) is 19.6. The van der Waals surface area contributed by atoms with Crippen molar-refractivity contribution in [1.29, 1.82) is 0 Å². The van der Waals surface area contributed by atoms with Gasteiger partial charge in [0.1, 0.15) is 11.3 Å². The number of anilines is 4. The van der Waals surface area contributed by atoms with Gasteiger partial charge >= 0.3 is 0 Å². The maximum Gasteiger partial charge on any atom is 0.229 e. The van der Waals surface area contributed by atoms with Crippen molar-refractivity contribution < 1.29 is 4.39 Å². The van der Waals surface area contributed by atoms with Gasteiger partial charge in [0, 0.05) is 24.1 Å². The summed E-state index contributed by atoms with van der Waals surface area (Å²) in [6.45, 7) is 0. The van der Waals surface area contributed by atoms with Gasteiger partial charge in [-0.25, -0.2) is 14.4 Å². The summed E-state index contributed by atoms with van der Waals surface area (Å²) in [6, 6.07) is 10.6. The fourth-order valence-corrected chi connectivity index (χ4v) is 3.80. The van der Waals surface area contributed by atoms with E-state index in [0.717, 1.165) is 37.0 Å². The smallest absolute Gasteiger partial charge is 0.229 e. The third-order valence-corrected chi connectivity index (χ3v) is 5.18. The normalized spacial score (nSPS) is 13.9. The first-order chi connectivity index (χ1) is 14.3. The Morgan fingerprint density at radius 3 is 2.50 bits per heavy atom. The molecule has 1 aliphatic rings. The highest BCUT2D eigenvalue weighted by molar-refractivity contribution is 5.77. The van der Waals surface area contributed by atoms with Crippen LogP contribution in [-0.2, 0) is 0 Å². The summed E-state index contributed by atoms with van der Waals surface area (Å²) in [6.07, 6.45) is 9.54. The summed E-state index contributed by atoms with van der Waals surface area (Å²) in [5.74, 6) is 0.760. The van der Waals surface area contributed by atoms with Crippen LogP contribution in [-0.4, -0.2) is 24.5 Å². The molecule has 0 unspecified atom stereocenters. The second-order valence-electron chi connectivity index (χ2n) is 7.11. The zero-order valence-corrected chi connectivity index (χ0v) is 15.7. The Bertz CT molecular complexity index is 1140. The predicted molar refractivity (Wildman–Crippen MR) is 117 cm³/mol. The lowest BCUT2D eigenvalue weighted by molar-refractivity contribution is 0.535. The number of aromatic nitrogens is 5. The van der Waals surface area contributed by atoms with Gasteiger partial charge in [-0.3, -0.25) is 9.55 Å². The van der Waals surface area contributed by atoms with Crippen LogP contribution in [0.15, 0.2) is 55.0 Å². The first-order valence-electron chi connectivity index (χ1n) is 9.71. The van der Waals surface area contributed by atoms with Crippen molar-refractivity contribution in [2.75, 3.05) is 10.6 Å². The molecule has 0 bridgehead atoms. The maximum absolute atomic E-state index is 14.2. The van der Waals surface area contributed by atoms with Crippen LogP contribution in [0.5, 0.6) is 0 Å². The van der Waals surface area contributed by atoms with Gasteiger partial charge in [-0.15, -0.1) is 0 Å². The van der Waals surface area contributed by atoms with Crippen molar-refractivity contribution in [2.45, 2.75) is 39.2 Å². The van der Waals surface area contributed by atoms with Gasteiger partial charge in [-0.1, -0.05) is 32.4 Å². The van der Waals surface area contributed by atoms with E-state index in [-0.39, 0.29) is 19.3 Å². The molecule has 30 heavy (non-hydrogen) atoms. The fourth-order valence-electron chi connectivity index (χ4n) is 3.80. The van der Waals surface area contributed by atoms with Gasteiger partial charge in [0.05, 0.1) is 11.9 Å². The summed E-state index contributed by atoms with van der Waals surface area (Å²) in [7, 11) is 0. The quantitative estimate of drug-likeness (QED) is 0.450. The molecule has 1 fully saturated rings. The molecule has 0 radical (unpaired) electrons. The summed E-state index contributed by atoms with van der Waals surface area (Å²) >= 11 is 0. The lowest BCUT2D eigenvalue weighted by Crippen LogP contribution is -2.10. The summed E-state index contributed by atoms with van der Waals surface area (Å²) in [5, 5.41) is 6.35. The first kappa shape index (κ1) is 19.8. The average Bonchev–Trinajstić information content (AvgIpc) is 3.37. The fraction of sp³-hybridized carbons (Fsp3) is 0.273. The molecule has 0 spiro atoms. The molecule has 1 saturated carbocycles. The van der Waals surface area contributed by atoms with Crippen molar-refractivity contribution >= 4 is 34.4 Å². The SMILES string of the molecule is C.Fc1ccccc1Nc1nc2cnc(Nc3ccncc3)nc2n1C1CCCC1. The Kier molecular flexibility index (Phi) is 5.56. The van der Waals surface area contributed by atoms with E-state index >= 15 is 0 Å². The topological polar surface area (TPSA) is 80.6 Å². The Morgan fingerprint density at radius 1 is 0.967 bits per heavy atom. The number of pyridine rings is 1. The number of fused-ring (bicyclic) bond motifs is 1. The zero-order valence-electron chi connectivity index (χ0n) is 15.7. The standard InChI is InChI=1S/C21H20FN7.CH4/c22-16-7-3-4-8-17(16)26-21-27-18-13-24-20(25-14-9-11-23-12-10-14)28-19(18)29(21)15-5-1-2-6-15;/h3-4,7-13,15H,1-2,5-6H2,(H,26,27)(H,23,24,25,28);1H4. The largest absolute Gasteiger partial charge is 0.324 e. The minimum atomic E-state index is -0.316. The number of rotatable bonds is 5. The number of halogens is 1. The van der Waals surface area contributed by atoms with Crippen molar-refractivity contribution in [2.24, 2.45) is 0 Å². The van der Waals surface area contributed by atoms with E-state index in [2.05, 4.69) is 30.2 Å². The third-order valence-electron chi connectivity index (χ3n) is 5.18. The van der Waals surface area contributed by atoms with Gasteiger partial charge in [-0.05, 0) is 37.1 Å². The molecule has 5 rings (SSSR count). The van der Waals surface area contributed by atoms with Crippen LogP contribution >= 0.6 is 0 Å². The second-order valence-corrected chi connectivity index (χ2v) is 7.11. The lowest BCUT2D eigenvalue weighted by atomic mass is 10.2. The van der Waals surface area contributed by atoms with E-state index in [1.807, 2.05) is 12.1 Å². The van der Waals surface area contributed by atoms with Gasteiger partial charge < -0.3 is 10.6 Å². The molecule has 3 heterocycles. The number of nitrogens with one attached hydrogen (secondary N) is 2. The molecular weight excluding hydrogens is 381 g/mol. The molecular formula is C22H24FN7. The van der Waals surface area contributed by atoms with E-state index in [4.69, 9.17) is 4.98 Å². The Balaban J connectivity index is 0.00000218. The molecule has 154 valence electrons. The molecule has 4 aromatic rings. The monoisotopic (exact) mass is 405 g/mol. The van der Waals surface area contributed by atoms with E-state index in [0.29, 0.717) is 23.1 Å². The van der Waals surface area contributed by atoms with Gasteiger partial charge in [-0.2, -0.15) is 4.98 Å². The van der Waals surface area contributed by atoms with Crippen molar-refractivity contribution in [1.82, 2.24) is 24.5 Å². The molecule has 0 saturated heterocycles. The Hall–Kier alpha value is -3.55. The molecule has 2 N–H and O–H groups in total. The van der Waals surface area contributed by atoms with Gasteiger partial charge in [0.25, 0.3) is 0 Å². The number of hydrogen-bond donors (Lipinski definition) is 2. The van der Waals surface area contributed by atoms with Crippen LogP contribution in [0, 0.1) is 5.82 Å². The van der Waals surface area contributed by atoms with Crippen LogP contribution in [0.25, 0.3) is 11.2 Å². The van der Waals surface area contributed by atoms with Crippen molar-refractivity contribution in [3.8, 4) is 0 Å². The summed E-state index contributed by atoms with van der Waals surface area (Å²) in [5.41, 5.74) is 2.67. The molecule has 8 heteroatoms. The Labute approximate surface area is 174 Å². The van der Waals surface area contributed by atoms with Crippen LogP contribution in [0.2, 0.25) is 0 Å². The van der Waals surface area contributed by atoms with Crippen LogP contribution < -0.4 is 10.6 Å². The minimum Gasteiger partial charge on any atom is -0.324 e. The van der Waals surface area contributed by atoms with Gasteiger partial charge in [0.15, 0.2) is 5.65 Å². The molecule has 0 atom stereocenters. The molecule has 7 nitrogen and oxygen atoms in total.